The molecule has 2 amide bonds. The SMILES string of the molecule is CN1CCN(Cc2ccc(NC(=O)Nc3ccc(-c4cn(C5CC5)c5ncnc(N)c45)n4cc(C(F)(F)F)nc34)cc2C(F)(F)F)CC1. The second-order valence-electron chi connectivity index (χ2n) is 12.1. The lowest BCUT2D eigenvalue weighted by atomic mass is 10.0. The van der Waals surface area contributed by atoms with Gasteiger partial charge in [0.2, 0.25) is 0 Å². The molecule has 17 heteroatoms. The number of hydrogen-bond acceptors (Lipinski definition) is 7. The van der Waals surface area contributed by atoms with Crippen molar-refractivity contribution in [1.29, 1.82) is 0 Å². The third-order valence-electron chi connectivity index (χ3n) is 8.67. The van der Waals surface area contributed by atoms with E-state index >= 15 is 0 Å². The number of alkyl halides is 6. The van der Waals surface area contributed by atoms with Gasteiger partial charge in [-0.3, -0.25) is 9.30 Å². The maximum atomic E-state index is 14.1. The van der Waals surface area contributed by atoms with Gasteiger partial charge in [-0.1, -0.05) is 6.07 Å². The summed E-state index contributed by atoms with van der Waals surface area (Å²) in [5.74, 6) is 0.146. The van der Waals surface area contributed by atoms with E-state index in [-0.39, 0.29) is 46.7 Å². The van der Waals surface area contributed by atoms with Gasteiger partial charge in [0.25, 0.3) is 0 Å². The van der Waals surface area contributed by atoms with E-state index in [1.54, 1.807) is 6.20 Å². The molecular weight excluding hydrogens is 642 g/mol. The van der Waals surface area contributed by atoms with Crippen LogP contribution in [0.3, 0.4) is 0 Å². The van der Waals surface area contributed by atoms with Gasteiger partial charge in [-0.05, 0) is 49.7 Å². The lowest BCUT2D eigenvalue weighted by Crippen LogP contribution is -2.44. The minimum Gasteiger partial charge on any atom is -0.383 e. The number of nitrogens with one attached hydrogen (secondary N) is 2. The largest absolute Gasteiger partial charge is 0.434 e. The van der Waals surface area contributed by atoms with Gasteiger partial charge >= 0.3 is 18.4 Å². The normalized spacial score (nSPS) is 16.6. The minimum absolute atomic E-state index is 0.0708. The van der Waals surface area contributed by atoms with Gasteiger partial charge in [-0.15, -0.1) is 0 Å². The number of nitrogens with zero attached hydrogens (tertiary/aromatic N) is 7. The monoisotopic (exact) mass is 672 g/mol. The highest BCUT2D eigenvalue weighted by atomic mass is 19.4. The summed E-state index contributed by atoms with van der Waals surface area (Å²) in [6.07, 6.45) is -3.78. The number of fused-ring (bicyclic) bond motifs is 2. The number of imidazole rings is 1. The number of aromatic nitrogens is 5. The number of nitrogens with two attached hydrogens (primary N) is 1. The first-order chi connectivity index (χ1) is 22.8. The molecule has 0 unspecified atom stereocenters. The van der Waals surface area contributed by atoms with Crippen LogP contribution in [-0.4, -0.2) is 73.0 Å². The molecular formula is C31H30F6N10O. The molecule has 0 bridgehead atoms. The van der Waals surface area contributed by atoms with Crippen molar-refractivity contribution in [3.8, 4) is 11.3 Å². The Kier molecular flexibility index (Phi) is 7.70. The van der Waals surface area contributed by atoms with Crippen molar-refractivity contribution in [3.63, 3.8) is 0 Å². The van der Waals surface area contributed by atoms with Crippen LogP contribution in [0.4, 0.5) is 48.3 Å². The molecule has 5 aromatic rings. The van der Waals surface area contributed by atoms with Crippen LogP contribution < -0.4 is 16.4 Å². The topological polar surface area (TPSA) is 122 Å². The Morgan fingerprint density at radius 2 is 1.69 bits per heavy atom. The lowest BCUT2D eigenvalue weighted by Gasteiger charge is -2.33. The summed E-state index contributed by atoms with van der Waals surface area (Å²) >= 11 is 0. The number of benzene rings is 1. The number of hydrogen-bond donors (Lipinski definition) is 3. The fourth-order valence-corrected chi connectivity index (χ4v) is 6.05. The standard InChI is InChI=1S/C31H30F6N10O/c1-44-8-10-45(11-9-44)13-17-2-3-18(12-21(17)30(32,33)34)41-29(48)42-22-6-7-23(47-15-24(31(35,36)37)43-27(22)47)20-14-46(19-4-5-19)28-25(20)26(38)39-16-40-28/h2-3,6-7,12,14-16,19H,4-5,8-11,13H2,1H3,(H2,38,39,40)(H2,41,42,48). The first-order valence-corrected chi connectivity index (χ1v) is 15.2. The summed E-state index contributed by atoms with van der Waals surface area (Å²) in [7, 11) is 1.95. The van der Waals surface area contributed by atoms with Crippen LogP contribution in [0.25, 0.3) is 27.9 Å². The summed E-state index contributed by atoms with van der Waals surface area (Å²) in [5.41, 5.74) is 4.99. The number of nitrogen functional groups attached to an aromatic ring is 1. The van der Waals surface area contributed by atoms with E-state index in [1.165, 1.54) is 35.0 Å². The Labute approximate surface area is 269 Å². The second-order valence-corrected chi connectivity index (χ2v) is 12.1. The number of amides is 2. The molecule has 4 N–H and O–H groups in total. The number of halogens is 6. The Morgan fingerprint density at radius 3 is 2.38 bits per heavy atom. The molecule has 2 aliphatic rings. The van der Waals surface area contributed by atoms with Crippen LogP contribution in [0, 0.1) is 0 Å². The average Bonchev–Trinajstić information content (AvgIpc) is 3.62. The minimum atomic E-state index is -4.81. The van der Waals surface area contributed by atoms with Gasteiger partial charge in [0.1, 0.15) is 17.8 Å². The third kappa shape index (κ3) is 6.10. The highest BCUT2D eigenvalue weighted by Gasteiger charge is 2.36. The molecule has 1 aliphatic carbocycles. The fourth-order valence-electron chi connectivity index (χ4n) is 6.05. The summed E-state index contributed by atoms with van der Waals surface area (Å²) in [5, 5.41) is 5.29. The Morgan fingerprint density at radius 1 is 0.938 bits per heavy atom. The number of carbonyl (C=O) groups excluding carboxylic acids is 1. The van der Waals surface area contributed by atoms with E-state index in [2.05, 4.69) is 30.5 Å². The van der Waals surface area contributed by atoms with Crippen molar-refractivity contribution in [3.05, 3.63) is 65.9 Å². The predicted octanol–water partition coefficient (Wildman–Crippen LogP) is 6.09. The number of anilines is 3. The molecule has 2 fully saturated rings. The summed E-state index contributed by atoms with van der Waals surface area (Å²) in [6, 6.07) is 5.60. The highest BCUT2D eigenvalue weighted by molar-refractivity contribution is 6.04. The van der Waals surface area contributed by atoms with Crippen LogP contribution in [0.2, 0.25) is 0 Å². The van der Waals surface area contributed by atoms with E-state index in [0.29, 0.717) is 29.7 Å². The molecule has 0 spiro atoms. The van der Waals surface area contributed by atoms with Gasteiger partial charge in [0.15, 0.2) is 11.3 Å². The van der Waals surface area contributed by atoms with Crippen molar-refractivity contribution in [2.75, 3.05) is 49.6 Å². The van der Waals surface area contributed by atoms with Gasteiger partial charge in [-0.25, -0.2) is 19.7 Å². The fraction of sp³-hybridized carbons (Fsp3) is 0.355. The van der Waals surface area contributed by atoms with Gasteiger partial charge in [0, 0.05) is 62.4 Å². The zero-order valence-electron chi connectivity index (χ0n) is 25.5. The maximum Gasteiger partial charge on any atom is 0.434 e. The Bertz CT molecular complexity index is 2020. The first kappa shape index (κ1) is 31.7. The van der Waals surface area contributed by atoms with Gasteiger partial charge < -0.3 is 25.8 Å². The first-order valence-electron chi connectivity index (χ1n) is 15.2. The van der Waals surface area contributed by atoms with Crippen molar-refractivity contribution >= 4 is 39.9 Å². The molecule has 0 radical (unpaired) electrons. The summed E-state index contributed by atoms with van der Waals surface area (Å²) in [6.45, 7) is 2.82. The molecule has 11 nitrogen and oxygen atoms in total. The quantitative estimate of drug-likeness (QED) is 0.187. The number of urea groups is 1. The summed E-state index contributed by atoms with van der Waals surface area (Å²) < 4.78 is 87.0. The molecule has 1 saturated heterocycles. The van der Waals surface area contributed by atoms with Crippen LogP contribution in [0.1, 0.15) is 35.7 Å². The molecule has 7 rings (SSSR count). The van der Waals surface area contributed by atoms with Crippen LogP contribution in [-0.2, 0) is 18.9 Å². The van der Waals surface area contributed by atoms with Crippen LogP contribution in [0.5, 0.6) is 0 Å². The average molecular weight is 673 g/mol. The number of likely N-dealkylation sites (N-methyl/N-ethyl adjacent to an activating group) is 1. The van der Waals surface area contributed by atoms with E-state index in [9.17, 15) is 31.1 Å². The number of carbonyl (C=O) groups is 1. The highest BCUT2D eigenvalue weighted by Crippen LogP contribution is 2.43. The van der Waals surface area contributed by atoms with E-state index < -0.39 is 29.6 Å². The van der Waals surface area contributed by atoms with Gasteiger partial charge in [0.05, 0.1) is 22.3 Å². The van der Waals surface area contributed by atoms with Crippen LogP contribution >= 0.6 is 0 Å². The molecule has 5 heterocycles. The maximum absolute atomic E-state index is 14.1. The Hall–Kier alpha value is -4.90. The van der Waals surface area contributed by atoms with Crippen molar-refractivity contribution in [1.82, 2.24) is 33.7 Å². The third-order valence-corrected chi connectivity index (χ3v) is 8.67. The predicted molar refractivity (Wildman–Crippen MR) is 166 cm³/mol. The molecule has 1 aliphatic heterocycles. The smallest absolute Gasteiger partial charge is 0.383 e. The number of rotatable bonds is 6. The van der Waals surface area contributed by atoms with Crippen molar-refractivity contribution in [2.45, 2.75) is 37.8 Å². The second kappa shape index (κ2) is 11.7. The number of pyridine rings is 1. The van der Waals surface area contributed by atoms with E-state index in [0.717, 1.165) is 38.2 Å². The number of piperazine rings is 1. The van der Waals surface area contributed by atoms with E-state index in [4.69, 9.17) is 5.73 Å². The molecule has 252 valence electrons. The lowest BCUT2D eigenvalue weighted by molar-refractivity contribution is -0.141. The van der Waals surface area contributed by atoms with Crippen molar-refractivity contribution < 1.29 is 31.1 Å². The molecule has 0 atom stereocenters. The van der Waals surface area contributed by atoms with Gasteiger partial charge in [-0.2, -0.15) is 26.3 Å². The molecule has 4 aromatic heterocycles. The van der Waals surface area contributed by atoms with Crippen molar-refractivity contribution in [2.24, 2.45) is 0 Å². The Balaban J connectivity index is 1.20. The van der Waals surface area contributed by atoms with E-state index in [1.807, 2.05) is 16.5 Å². The summed E-state index contributed by atoms with van der Waals surface area (Å²) in [4.78, 5) is 29.3. The molecule has 48 heavy (non-hydrogen) atoms. The van der Waals surface area contributed by atoms with Crippen LogP contribution in [0.15, 0.2) is 49.1 Å². The zero-order valence-corrected chi connectivity index (χ0v) is 25.5. The zero-order chi connectivity index (χ0) is 34.0. The molecule has 1 saturated carbocycles. The molecule has 1 aromatic carbocycles.